The number of aliphatic carboxylic acids is 1. The third kappa shape index (κ3) is 3.05. The van der Waals surface area contributed by atoms with E-state index in [9.17, 15) is 14.7 Å². The van der Waals surface area contributed by atoms with E-state index < -0.39 is 11.5 Å². The molecule has 2 unspecified atom stereocenters. The Morgan fingerprint density at radius 2 is 2.33 bits per heavy atom. The van der Waals surface area contributed by atoms with E-state index >= 15 is 0 Å². The number of hydrogen-bond donors (Lipinski definition) is 2. The molecular weight excluding hydrogens is 288 g/mol. The molecule has 1 aromatic rings. The lowest BCUT2D eigenvalue weighted by molar-refractivity contribution is -0.148. The van der Waals surface area contributed by atoms with Crippen LogP contribution in [0.2, 0.25) is 0 Å². The minimum absolute atomic E-state index is 0.105. The van der Waals surface area contributed by atoms with Crippen molar-refractivity contribution in [3.63, 3.8) is 0 Å². The average molecular weight is 310 g/mol. The normalized spacial score (nSPS) is 23.0. The van der Waals surface area contributed by atoms with Crippen LogP contribution in [0.15, 0.2) is 17.5 Å². The van der Waals surface area contributed by atoms with Crippen LogP contribution in [-0.4, -0.2) is 34.1 Å². The minimum atomic E-state index is -1.03. The summed E-state index contributed by atoms with van der Waals surface area (Å²) in [5.41, 5.74) is -1.03. The van der Waals surface area contributed by atoms with Crippen molar-refractivity contribution in [1.29, 1.82) is 0 Å². The number of urea groups is 1. The molecule has 1 saturated heterocycles. The topological polar surface area (TPSA) is 69.6 Å². The molecule has 2 atom stereocenters. The summed E-state index contributed by atoms with van der Waals surface area (Å²) in [4.78, 5) is 26.8. The molecule has 21 heavy (non-hydrogen) atoms. The predicted octanol–water partition coefficient (Wildman–Crippen LogP) is 3.24. The van der Waals surface area contributed by atoms with Gasteiger partial charge in [0.1, 0.15) is 5.54 Å². The molecule has 116 valence electrons. The minimum Gasteiger partial charge on any atom is -0.479 e. The molecule has 0 radical (unpaired) electrons. The maximum atomic E-state index is 12.5. The van der Waals surface area contributed by atoms with Crippen molar-refractivity contribution in [2.75, 3.05) is 6.54 Å². The van der Waals surface area contributed by atoms with Crippen LogP contribution in [0.25, 0.3) is 0 Å². The number of nitrogens with zero attached hydrogens (tertiary/aromatic N) is 1. The molecule has 0 bridgehead atoms. The number of carbonyl (C=O) groups excluding carboxylic acids is 1. The Labute approximate surface area is 129 Å². The highest BCUT2D eigenvalue weighted by Crippen LogP contribution is 2.34. The van der Waals surface area contributed by atoms with Crippen LogP contribution in [-0.2, 0) is 4.79 Å². The molecule has 2 N–H and O–H groups in total. The number of carboxylic acids is 1. The first-order valence-corrected chi connectivity index (χ1v) is 8.24. The first kappa shape index (κ1) is 15.8. The van der Waals surface area contributed by atoms with Gasteiger partial charge in [-0.1, -0.05) is 19.4 Å². The molecule has 0 aromatic carbocycles. The maximum absolute atomic E-state index is 12.5. The van der Waals surface area contributed by atoms with Gasteiger partial charge in [0.25, 0.3) is 0 Å². The Bertz CT molecular complexity index is 503. The average Bonchev–Trinajstić information content (AvgIpc) is 3.08. The first-order valence-electron chi connectivity index (χ1n) is 7.36. The lowest BCUT2D eigenvalue weighted by atomic mass is 9.91. The van der Waals surface area contributed by atoms with Gasteiger partial charge in [-0.25, -0.2) is 9.59 Å². The third-order valence-corrected chi connectivity index (χ3v) is 5.16. The fourth-order valence-corrected chi connectivity index (χ4v) is 3.78. The molecule has 0 aliphatic carbocycles. The van der Waals surface area contributed by atoms with Gasteiger partial charge in [0.05, 0.1) is 6.04 Å². The third-order valence-electron chi connectivity index (χ3n) is 4.11. The highest BCUT2D eigenvalue weighted by Gasteiger charge is 2.49. The molecular formula is C15H22N2O3S. The largest absolute Gasteiger partial charge is 0.479 e. The quantitative estimate of drug-likeness (QED) is 0.877. The van der Waals surface area contributed by atoms with E-state index in [4.69, 9.17) is 0 Å². The second kappa shape index (κ2) is 6.47. The maximum Gasteiger partial charge on any atom is 0.329 e. The molecule has 5 nitrogen and oxygen atoms in total. The molecule has 1 aliphatic rings. The molecule has 1 aromatic heterocycles. The molecule has 2 heterocycles. The van der Waals surface area contributed by atoms with Crippen molar-refractivity contribution in [3.05, 3.63) is 22.4 Å². The lowest BCUT2D eigenvalue weighted by Crippen LogP contribution is -2.56. The summed E-state index contributed by atoms with van der Waals surface area (Å²) in [6.07, 6.45) is 2.53. The number of amides is 2. The van der Waals surface area contributed by atoms with E-state index in [0.717, 1.165) is 17.7 Å². The van der Waals surface area contributed by atoms with Crippen LogP contribution in [0.1, 0.15) is 50.4 Å². The first-order chi connectivity index (χ1) is 10.0. The number of likely N-dealkylation sites (tertiary alicyclic amines) is 1. The zero-order valence-electron chi connectivity index (χ0n) is 12.5. The number of thiophene rings is 1. The SMILES string of the molecule is CCCC1(C(=O)O)CCCN1C(=O)NC(C)c1cccs1. The van der Waals surface area contributed by atoms with Crippen LogP contribution < -0.4 is 5.32 Å². The van der Waals surface area contributed by atoms with Crippen LogP contribution in [0.4, 0.5) is 4.79 Å². The number of rotatable bonds is 5. The highest BCUT2D eigenvalue weighted by molar-refractivity contribution is 7.10. The van der Waals surface area contributed by atoms with E-state index in [1.165, 1.54) is 4.90 Å². The highest BCUT2D eigenvalue weighted by atomic mass is 32.1. The molecule has 1 aliphatic heterocycles. The van der Waals surface area contributed by atoms with E-state index in [2.05, 4.69) is 5.32 Å². The standard InChI is InChI=1S/C15H22N2O3S/c1-3-7-15(13(18)19)8-5-9-17(15)14(20)16-11(2)12-6-4-10-21-12/h4,6,10-11H,3,5,7-9H2,1-2H3,(H,16,20)(H,18,19). The molecule has 6 heteroatoms. The van der Waals surface area contributed by atoms with Gasteiger partial charge < -0.3 is 15.3 Å². The number of carbonyl (C=O) groups is 2. The Hall–Kier alpha value is -1.56. The Morgan fingerprint density at radius 1 is 1.57 bits per heavy atom. The molecule has 1 fully saturated rings. The smallest absolute Gasteiger partial charge is 0.329 e. The lowest BCUT2D eigenvalue weighted by Gasteiger charge is -2.35. The Balaban J connectivity index is 2.11. The fourth-order valence-electron chi connectivity index (χ4n) is 3.05. The predicted molar refractivity (Wildman–Crippen MR) is 82.5 cm³/mol. The summed E-state index contributed by atoms with van der Waals surface area (Å²) in [6, 6.07) is 3.53. The summed E-state index contributed by atoms with van der Waals surface area (Å²) in [5.74, 6) is -0.888. The molecule has 0 spiro atoms. The Morgan fingerprint density at radius 3 is 2.90 bits per heavy atom. The summed E-state index contributed by atoms with van der Waals surface area (Å²) < 4.78 is 0. The van der Waals surface area contributed by atoms with Crippen molar-refractivity contribution in [3.8, 4) is 0 Å². The van der Waals surface area contributed by atoms with Gasteiger partial charge >= 0.3 is 12.0 Å². The van der Waals surface area contributed by atoms with E-state index in [1.807, 2.05) is 31.4 Å². The van der Waals surface area contributed by atoms with Crippen molar-refractivity contribution >= 4 is 23.3 Å². The fraction of sp³-hybridized carbons (Fsp3) is 0.600. The number of nitrogens with one attached hydrogen (secondary N) is 1. The second-order valence-electron chi connectivity index (χ2n) is 5.53. The summed E-state index contributed by atoms with van der Waals surface area (Å²) in [6.45, 7) is 4.38. The van der Waals surface area contributed by atoms with Gasteiger partial charge in [0.15, 0.2) is 0 Å². The van der Waals surface area contributed by atoms with Crippen LogP contribution in [0.3, 0.4) is 0 Å². The van der Waals surface area contributed by atoms with E-state index in [0.29, 0.717) is 19.4 Å². The molecule has 2 rings (SSSR count). The van der Waals surface area contributed by atoms with Crippen molar-refractivity contribution in [2.45, 2.75) is 51.1 Å². The number of hydrogen-bond acceptors (Lipinski definition) is 3. The van der Waals surface area contributed by atoms with Crippen molar-refractivity contribution < 1.29 is 14.7 Å². The van der Waals surface area contributed by atoms with E-state index in [-0.39, 0.29) is 12.1 Å². The van der Waals surface area contributed by atoms with Gasteiger partial charge in [-0.15, -0.1) is 11.3 Å². The Kier molecular flexibility index (Phi) is 4.88. The van der Waals surface area contributed by atoms with Crippen molar-refractivity contribution in [1.82, 2.24) is 10.2 Å². The van der Waals surface area contributed by atoms with Gasteiger partial charge in [-0.05, 0) is 37.6 Å². The van der Waals surface area contributed by atoms with Gasteiger partial charge in [-0.2, -0.15) is 0 Å². The number of carboxylic acid groups (broad SMARTS) is 1. The monoisotopic (exact) mass is 310 g/mol. The zero-order valence-corrected chi connectivity index (χ0v) is 13.3. The van der Waals surface area contributed by atoms with Crippen LogP contribution >= 0.6 is 11.3 Å². The van der Waals surface area contributed by atoms with Gasteiger partial charge in [-0.3, -0.25) is 0 Å². The summed E-state index contributed by atoms with van der Waals surface area (Å²) in [7, 11) is 0. The summed E-state index contributed by atoms with van der Waals surface area (Å²) in [5, 5.41) is 14.5. The van der Waals surface area contributed by atoms with Crippen LogP contribution in [0.5, 0.6) is 0 Å². The summed E-state index contributed by atoms with van der Waals surface area (Å²) >= 11 is 1.58. The van der Waals surface area contributed by atoms with Crippen LogP contribution in [0, 0.1) is 0 Å². The van der Waals surface area contributed by atoms with Crippen molar-refractivity contribution in [2.24, 2.45) is 0 Å². The zero-order chi connectivity index (χ0) is 15.5. The van der Waals surface area contributed by atoms with Gasteiger partial charge in [0, 0.05) is 11.4 Å². The van der Waals surface area contributed by atoms with Gasteiger partial charge in [0.2, 0.25) is 0 Å². The molecule has 2 amide bonds. The molecule has 0 saturated carbocycles. The van der Waals surface area contributed by atoms with E-state index in [1.54, 1.807) is 11.3 Å². The second-order valence-corrected chi connectivity index (χ2v) is 6.51.